The number of benzene rings is 1. The molecule has 2 rings (SSSR count). The molecule has 0 fully saturated rings. The quantitative estimate of drug-likeness (QED) is 0.578. The molecule has 0 bridgehead atoms. The molecule has 0 aliphatic heterocycles. The third-order valence-corrected chi connectivity index (χ3v) is 2.79. The highest BCUT2D eigenvalue weighted by atomic mass is 19.1. The number of carbonyl (C=O) groups is 1. The van der Waals surface area contributed by atoms with Crippen LogP contribution in [-0.2, 0) is 6.42 Å². The van der Waals surface area contributed by atoms with Gasteiger partial charge in [-0.15, -0.1) is 0 Å². The number of amides is 1. The van der Waals surface area contributed by atoms with Gasteiger partial charge in [-0.1, -0.05) is 0 Å². The number of aromatic nitrogens is 1. The van der Waals surface area contributed by atoms with Crippen molar-refractivity contribution in [3.63, 3.8) is 0 Å². The lowest BCUT2D eigenvalue weighted by Crippen LogP contribution is -2.26. The second kappa shape index (κ2) is 6.76. The van der Waals surface area contributed by atoms with Crippen LogP contribution in [-0.4, -0.2) is 17.4 Å². The predicted molar refractivity (Wildman–Crippen MR) is 74.4 cm³/mol. The molecule has 1 heterocycles. The molecule has 5 nitrogen and oxygen atoms in total. The van der Waals surface area contributed by atoms with Crippen LogP contribution < -0.4 is 16.6 Å². The van der Waals surface area contributed by atoms with Crippen molar-refractivity contribution in [3.8, 4) is 0 Å². The Morgan fingerprint density at radius 1 is 1.19 bits per heavy atom. The van der Waals surface area contributed by atoms with E-state index < -0.39 is 11.6 Å². The maximum atomic E-state index is 13.0. The summed E-state index contributed by atoms with van der Waals surface area (Å²) in [6.07, 6.45) is 1.78. The topological polar surface area (TPSA) is 80.0 Å². The van der Waals surface area contributed by atoms with Gasteiger partial charge in [0.2, 0.25) is 0 Å². The number of rotatable bonds is 5. The van der Waals surface area contributed by atoms with Crippen LogP contribution in [0.4, 0.5) is 14.6 Å². The number of hydrogen-bond donors (Lipinski definition) is 3. The van der Waals surface area contributed by atoms with E-state index in [0.29, 0.717) is 23.4 Å². The van der Waals surface area contributed by atoms with Crippen LogP contribution >= 0.6 is 0 Å². The lowest BCUT2D eigenvalue weighted by atomic mass is 10.1. The molecule has 0 unspecified atom stereocenters. The van der Waals surface area contributed by atoms with Crippen molar-refractivity contribution in [3.05, 3.63) is 59.3 Å². The van der Waals surface area contributed by atoms with E-state index in [-0.39, 0.29) is 12.5 Å². The van der Waals surface area contributed by atoms with Crippen molar-refractivity contribution in [2.24, 2.45) is 5.84 Å². The zero-order chi connectivity index (χ0) is 15.2. The molecule has 2 aromatic rings. The fourth-order valence-electron chi connectivity index (χ4n) is 1.83. The van der Waals surface area contributed by atoms with E-state index in [1.54, 1.807) is 0 Å². The van der Waals surface area contributed by atoms with Crippen LogP contribution in [0.25, 0.3) is 0 Å². The minimum atomic E-state index is -0.635. The number of hydrazine groups is 1. The van der Waals surface area contributed by atoms with Gasteiger partial charge in [0.15, 0.2) is 0 Å². The van der Waals surface area contributed by atoms with Crippen molar-refractivity contribution in [1.82, 2.24) is 10.3 Å². The number of nitrogens with one attached hydrogen (secondary N) is 2. The van der Waals surface area contributed by atoms with Crippen molar-refractivity contribution >= 4 is 11.7 Å². The van der Waals surface area contributed by atoms with Gasteiger partial charge in [0, 0.05) is 24.4 Å². The molecule has 0 spiro atoms. The number of nitrogens with two attached hydrogens (primary N) is 1. The maximum absolute atomic E-state index is 13.0. The molecule has 4 N–H and O–H groups in total. The Kier molecular flexibility index (Phi) is 4.78. The smallest absolute Gasteiger partial charge is 0.251 e. The van der Waals surface area contributed by atoms with E-state index in [1.165, 1.54) is 30.5 Å². The second-order valence-corrected chi connectivity index (χ2v) is 4.36. The van der Waals surface area contributed by atoms with Gasteiger partial charge in [-0.2, -0.15) is 0 Å². The third-order valence-electron chi connectivity index (χ3n) is 2.79. The van der Waals surface area contributed by atoms with E-state index in [1.807, 2.05) is 0 Å². The van der Waals surface area contributed by atoms with Gasteiger partial charge in [-0.25, -0.2) is 19.6 Å². The van der Waals surface area contributed by atoms with Gasteiger partial charge in [0.25, 0.3) is 5.91 Å². The molecule has 110 valence electrons. The molecule has 0 aliphatic rings. The molecule has 21 heavy (non-hydrogen) atoms. The second-order valence-electron chi connectivity index (χ2n) is 4.36. The molecule has 0 aliphatic carbocycles. The first-order valence-electron chi connectivity index (χ1n) is 6.24. The summed E-state index contributed by atoms with van der Waals surface area (Å²) < 4.78 is 26.0. The SMILES string of the molecule is NNc1cc(C(=O)NCCc2cc(F)cc(F)c2)ccn1. The lowest BCUT2D eigenvalue weighted by molar-refractivity contribution is 0.0954. The van der Waals surface area contributed by atoms with Gasteiger partial charge < -0.3 is 10.7 Å². The first-order chi connectivity index (χ1) is 10.1. The molecular formula is C14H14F2N4O. The Hall–Kier alpha value is -2.54. The summed E-state index contributed by atoms with van der Waals surface area (Å²) in [7, 11) is 0. The Labute approximate surface area is 120 Å². The van der Waals surface area contributed by atoms with Gasteiger partial charge in [0.05, 0.1) is 0 Å². The summed E-state index contributed by atoms with van der Waals surface area (Å²) in [5, 5.41) is 2.66. The van der Waals surface area contributed by atoms with Crippen molar-refractivity contribution in [2.75, 3.05) is 12.0 Å². The van der Waals surface area contributed by atoms with E-state index in [9.17, 15) is 13.6 Å². The van der Waals surface area contributed by atoms with Crippen LogP contribution in [0.15, 0.2) is 36.5 Å². The minimum Gasteiger partial charge on any atom is -0.352 e. The van der Waals surface area contributed by atoms with E-state index in [4.69, 9.17) is 5.84 Å². The summed E-state index contributed by atoms with van der Waals surface area (Å²) in [5.74, 6) is 3.99. The first kappa shape index (κ1) is 14.9. The minimum absolute atomic E-state index is 0.259. The Balaban J connectivity index is 1.92. The number of halogens is 2. The number of pyridine rings is 1. The lowest BCUT2D eigenvalue weighted by Gasteiger charge is -2.07. The number of anilines is 1. The van der Waals surface area contributed by atoms with Crippen LogP contribution in [0.1, 0.15) is 15.9 Å². The van der Waals surface area contributed by atoms with Crippen LogP contribution in [0.5, 0.6) is 0 Å². The summed E-state index contributed by atoms with van der Waals surface area (Å²) >= 11 is 0. The van der Waals surface area contributed by atoms with Gasteiger partial charge in [-0.05, 0) is 36.2 Å². The van der Waals surface area contributed by atoms with Gasteiger partial charge in [-0.3, -0.25) is 4.79 Å². The van der Waals surface area contributed by atoms with Crippen LogP contribution in [0.2, 0.25) is 0 Å². The van der Waals surface area contributed by atoms with E-state index in [2.05, 4.69) is 15.7 Å². The van der Waals surface area contributed by atoms with E-state index >= 15 is 0 Å². The van der Waals surface area contributed by atoms with E-state index in [0.717, 1.165) is 6.07 Å². The fourth-order valence-corrected chi connectivity index (χ4v) is 1.83. The summed E-state index contributed by atoms with van der Waals surface area (Å²) in [4.78, 5) is 15.8. The average Bonchev–Trinajstić information content (AvgIpc) is 2.46. The zero-order valence-electron chi connectivity index (χ0n) is 11.1. The standard InChI is InChI=1S/C14H14F2N4O/c15-11-5-9(6-12(16)8-11)1-3-19-14(21)10-2-4-18-13(7-10)20-17/h2,4-8H,1,3,17H2,(H,18,20)(H,19,21). The average molecular weight is 292 g/mol. The molecule has 1 aromatic heterocycles. The molecule has 0 saturated heterocycles. The molecule has 0 saturated carbocycles. The fraction of sp³-hybridized carbons (Fsp3) is 0.143. The molecule has 1 aromatic carbocycles. The Bertz CT molecular complexity index is 628. The molecule has 0 radical (unpaired) electrons. The third kappa shape index (κ3) is 4.22. The van der Waals surface area contributed by atoms with Crippen LogP contribution in [0, 0.1) is 11.6 Å². The molecule has 7 heteroatoms. The molecule has 1 amide bonds. The number of nitrogens with zero attached hydrogens (tertiary/aromatic N) is 1. The highest BCUT2D eigenvalue weighted by Crippen LogP contribution is 2.09. The highest BCUT2D eigenvalue weighted by molar-refractivity contribution is 5.94. The van der Waals surface area contributed by atoms with Gasteiger partial charge >= 0.3 is 0 Å². The highest BCUT2D eigenvalue weighted by Gasteiger charge is 2.07. The number of hydrogen-bond acceptors (Lipinski definition) is 4. The van der Waals surface area contributed by atoms with Crippen molar-refractivity contribution < 1.29 is 13.6 Å². The summed E-state index contributed by atoms with van der Waals surface area (Å²) in [5.41, 5.74) is 3.21. The number of carbonyl (C=O) groups excluding carboxylic acids is 1. The molecule has 0 atom stereocenters. The van der Waals surface area contributed by atoms with Gasteiger partial charge in [0.1, 0.15) is 17.5 Å². The number of nitrogen functional groups attached to an aromatic ring is 1. The largest absolute Gasteiger partial charge is 0.352 e. The Morgan fingerprint density at radius 3 is 2.57 bits per heavy atom. The normalized spacial score (nSPS) is 10.2. The summed E-state index contributed by atoms with van der Waals surface area (Å²) in [6.45, 7) is 0.259. The first-order valence-corrected chi connectivity index (χ1v) is 6.24. The zero-order valence-corrected chi connectivity index (χ0v) is 11.1. The van der Waals surface area contributed by atoms with Crippen LogP contribution in [0.3, 0.4) is 0 Å². The summed E-state index contributed by atoms with van der Waals surface area (Å²) in [6, 6.07) is 6.31. The monoisotopic (exact) mass is 292 g/mol. The maximum Gasteiger partial charge on any atom is 0.251 e. The predicted octanol–water partition coefficient (Wildman–Crippen LogP) is 1.62. The Morgan fingerprint density at radius 2 is 1.90 bits per heavy atom. The van der Waals surface area contributed by atoms with Crippen molar-refractivity contribution in [2.45, 2.75) is 6.42 Å². The van der Waals surface area contributed by atoms with Crippen molar-refractivity contribution in [1.29, 1.82) is 0 Å². The molecular weight excluding hydrogens is 278 g/mol.